The van der Waals surface area contributed by atoms with Crippen LogP contribution in [0.4, 0.5) is 14.6 Å². The molecule has 2 heterocycles. The number of nitrogens with zero attached hydrogens (tertiary/aromatic N) is 2. The Morgan fingerprint density at radius 1 is 1.26 bits per heavy atom. The van der Waals surface area contributed by atoms with Crippen molar-refractivity contribution in [2.75, 3.05) is 11.9 Å². The lowest BCUT2D eigenvalue weighted by molar-refractivity contribution is 0.0713. The van der Waals surface area contributed by atoms with Gasteiger partial charge in [-0.3, -0.25) is 0 Å². The number of hydrogen-bond acceptors (Lipinski definition) is 2. The Morgan fingerprint density at radius 2 is 2.05 bits per heavy atom. The van der Waals surface area contributed by atoms with Crippen LogP contribution in [0.1, 0.15) is 50.3 Å². The van der Waals surface area contributed by atoms with Gasteiger partial charge in [0.1, 0.15) is 11.9 Å². The Balaban J connectivity index is 1.73. The molecule has 5 heteroatoms. The Labute approximate surface area is 112 Å². The second-order valence-electron chi connectivity index (χ2n) is 5.79. The highest BCUT2D eigenvalue weighted by Gasteiger charge is 2.29. The fraction of sp³-hybridized carbons (Fsp3) is 0.786. The molecule has 1 saturated carbocycles. The minimum absolute atomic E-state index is 0.454. The van der Waals surface area contributed by atoms with Crippen LogP contribution in [0.25, 0.3) is 0 Å². The van der Waals surface area contributed by atoms with Crippen LogP contribution in [0.2, 0.25) is 0 Å². The van der Waals surface area contributed by atoms with E-state index in [-0.39, 0.29) is 0 Å². The lowest BCUT2D eigenvalue weighted by Gasteiger charge is -2.24. The van der Waals surface area contributed by atoms with Crippen LogP contribution in [0, 0.1) is 5.92 Å². The summed E-state index contributed by atoms with van der Waals surface area (Å²) < 4.78 is 27.5. The van der Waals surface area contributed by atoms with E-state index in [1.165, 1.54) is 36.8 Å². The van der Waals surface area contributed by atoms with Crippen molar-refractivity contribution < 1.29 is 8.78 Å². The molecule has 106 valence electrons. The molecule has 3 rings (SSSR count). The van der Waals surface area contributed by atoms with Crippen LogP contribution in [0.5, 0.6) is 0 Å². The Kier molecular flexibility index (Phi) is 3.71. The fourth-order valence-corrected chi connectivity index (χ4v) is 3.32. The Morgan fingerprint density at radius 3 is 2.79 bits per heavy atom. The van der Waals surface area contributed by atoms with E-state index in [1.807, 2.05) is 6.07 Å². The maximum absolute atomic E-state index is 13.0. The maximum Gasteiger partial charge on any atom is 0.260 e. The van der Waals surface area contributed by atoms with Gasteiger partial charge in [-0.1, -0.05) is 32.1 Å². The summed E-state index contributed by atoms with van der Waals surface area (Å²) in [6.45, 7) is 0.615. The van der Waals surface area contributed by atoms with Crippen LogP contribution in [0.3, 0.4) is 0 Å². The molecule has 1 unspecified atom stereocenters. The van der Waals surface area contributed by atoms with Crippen LogP contribution >= 0.6 is 0 Å². The molecule has 3 nitrogen and oxygen atoms in total. The van der Waals surface area contributed by atoms with Gasteiger partial charge in [-0.15, -0.1) is 0 Å². The van der Waals surface area contributed by atoms with Crippen molar-refractivity contribution in [2.24, 2.45) is 5.92 Å². The lowest BCUT2D eigenvalue weighted by Crippen LogP contribution is -2.28. The second kappa shape index (κ2) is 5.47. The SMILES string of the molecule is FC(F)C1CCNc2cc(CC3CCCCC3)nn21. The highest BCUT2D eigenvalue weighted by atomic mass is 19.3. The predicted octanol–water partition coefficient (Wildman–Crippen LogP) is 3.63. The number of hydrogen-bond donors (Lipinski definition) is 1. The van der Waals surface area contributed by atoms with E-state index in [1.54, 1.807) is 0 Å². The van der Waals surface area contributed by atoms with Crippen molar-refractivity contribution in [1.29, 1.82) is 0 Å². The van der Waals surface area contributed by atoms with Crippen molar-refractivity contribution in [1.82, 2.24) is 9.78 Å². The van der Waals surface area contributed by atoms with E-state index in [0.29, 0.717) is 18.9 Å². The van der Waals surface area contributed by atoms with E-state index >= 15 is 0 Å². The molecule has 1 fully saturated rings. The third-order valence-corrected chi connectivity index (χ3v) is 4.36. The number of aromatic nitrogens is 2. The van der Waals surface area contributed by atoms with E-state index in [2.05, 4.69) is 10.4 Å². The van der Waals surface area contributed by atoms with Crippen LogP contribution in [-0.4, -0.2) is 22.8 Å². The van der Waals surface area contributed by atoms with Gasteiger partial charge in [0, 0.05) is 12.6 Å². The molecule has 0 spiro atoms. The Bertz CT molecular complexity index is 424. The molecule has 1 atom stereocenters. The van der Waals surface area contributed by atoms with Crippen LogP contribution in [0.15, 0.2) is 6.07 Å². The number of fused-ring (bicyclic) bond motifs is 1. The third kappa shape index (κ3) is 2.74. The average molecular weight is 269 g/mol. The summed E-state index contributed by atoms with van der Waals surface area (Å²) >= 11 is 0. The molecule has 1 aromatic rings. The first-order valence-corrected chi connectivity index (χ1v) is 7.34. The first kappa shape index (κ1) is 12.9. The minimum atomic E-state index is -2.33. The van der Waals surface area contributed by atoms with Crippen molar-refractivity contribution in [3.05, 3.63) is 11.8 Å². The summed E-state index contributed by atoms with van der Waals surface area (Å²) in [5.74, 6) is 1.46. The van der Waals surface area contributed by atoms with Crippen molar-refractivity contribution in [3.8, 4) is 0 Å². The number of alkyl halides is 2. The van der Waals surface area contributed by atoms with Crippen molar-refractivity contribution in [2.45, 2.75) is 57.4 Å². The molecule has 0 amide bonds. The first-order valence-electron chi connectivity index (χ1n) is 7.34. The molecule has 0 saturated heterocycles. The van der Waals surface area contributed by atoms with Crippen LogP contribution in [-0.2, 0) is 6.42 Å². The average Bonchev–Trinajstić information content (AvgIpc) is 2.81. The first-order chi connectivity index (χ1) is 9.24. The summed E-state index contributed by atoms with van der Waals surface area (Å²) in [5.41, 5.74) is 0.974. The topological polar surface area (TPSA) is 29.9 Å². The quantitative estimate of drug-likeness (QED) is 0.908. The van der Waals surface area contributed by atoms with Gasteiger partial charge in [0.05, 0.1) is 5.69 Å². The molecule has 1 aliphatic heterocycles. The predicted molar refractivity (Wildman–Crippen MR) is 70.7 cm³/mol. The Hall–Kier alpha value is -1.13. The largest absolute Gasteiger partial charge is 0.370 e. The highest BCUT2D eigenvalue weighted by Crippen LogP contribution is 2.31. The summed E-state index contributed by atoms with van der Waals surface area (Å²) in [6.07, 6.45) is 5.52. The summed E-state index contributed by atoms with van der Waals surface area (Å²) in [7, 11) is 0. The van der Waals surface area contributed by atoms with Gasteiger partial charge in [-0.05, 0) is 18.8 Å². The zero-order valence-corrected chi connectivity index (χ0v) is 11.1. The van der Waals surface area contributed by atoms with Gasteiger partial charge in [-0.2, -0.15) is 5.10 Å². The van der Waals surface area contributed by atoms with Crippen molar-refractivity contribution in [3.63, 3.8) is 0 Å². The fourth-order valence-electron chi connectivity index (χ4n) is 3.32. The smallest absolute Gasteiger partial charge is 0.260 e. The second-order valence-corrected chi connectivity index (χ2v) is 5.79. The van der Waals surface area contributed by atoms with Gasteiger partial charge in [0.15, 0.2) is 0 Å². The molecule has 1 aromatic heterocycles. The standard InChI is InChI=1S/C14H21F2N3/c15-14(16)12-6-7-17-13-9-11(18-19(12)13)8-10-4-2-1-3-5-10/h9-10,12,14,17H,1-8H2. The third-order valence-electron chi connectivity index (χ3n) is 4.36. The van der Waals surface area contributed by atoms with Gasteiger partial charge >= 0.3 is 0 Å². The highest BCUT2D eigenvalue weighted by molar-refractivity contribution is 5.39. The molecule has 2 aliphatic rings. The molecule has 0 bridgehead atoms. The van der Waals surface area contributed by atoms with Gasteiger partial charge in [0.2, 0.25) is 0 Å². The maximum atomic E-state index is 13.0. The van der Waals surface area contributed by atoms with Gasteiger partial charge in [-0.25, -0.2) is 13.5 Å². The molecule has 1 N–H and O–H groups in total. The monoisotopic (exact) mass is 269 g/mol. The number of rotatable bonds is 3. The zero-order chi connectivity index (χ0) is 13.2. The van der Waals surface area contributed by atoms with E-state index in [4.69, 9.17) is 0 Å². The summed E-state index contributed by atoms with van der Waals surface area (Å²) in [5, 5.41) is 7.59. The van der Waals surface area contributed by atoms with E-state index in [0.717, 1.165) is 17.9 Å². The molecule has 19 heavy (non-hydrogen) atoms. The molecule has 1 aliphatic carbocycles. The molecule has 0 aromatic carbocycles. The van der Waals surface area contributed by atoms with E-state index < -0.39 is 12.5 Å². The zero-order valence-electron chi connectivity index (χ0n) is 11.1. The summed E-state index contributed by atoms with van der Waals surface area (Å²) in [6, 6.07) is 1.21. The van der Waals surface area contributed by atoms with Gasteiger partial charge in [0.25, 0.3) is 6.43 Å². The normalized spacial score (nSPS) is 24.3. The summed E-state index contributed by atoms with van der Waals surface area (Å²) in [4.78, 5) is 0. The minimum Gasteiger partial charge on any atom is -0.370 e. The molecular formula is C14H21F2N3. The lowest BCUT2D eigenvalue weighted by atomic mass is 9.86. The van der Waals surface area contributed by atoms with Gasteiger partial charge < -0.3 is 5.32 Å². The molecule has 0 radical (unpaired) electrons. The van der Waals surface area contributed by atoms with Crippen LogP contribution < -0.4 is 5.32 Å². The van der Waals surface area contributed by atoms with Crippen molar-refractivity contribution >= 4 is 5.82 Å². The number of anilines is 1. The van der Waals surface area contributed by atoms with E-state index in [9.17, 15) is 8.78 Å². The molecular weight excluding hydrogens is 248 g/mol. The number of halogens is 2. The number of nitrogens with one attached hydrogen (secondary N) is 1.